The smallest absolute Gasteiger partial charge is 0.243 e. The number of nitrogens with zero attached hydrogens (tertiary/aromatic N) is 3. The van der Waals surface area contributed by atoms with E-state index in [1.165, 1.54) is 7.11 Å². The summed E-state index contributed by atoms with van der Waals surface area (Å²) < 4.78 is 6.41. The molecule has 1 atom stereocenters. The minimum Gasteiger partial charge on any atom is -0.383 e. The topological polar surface area (TPSA) is 95.1 Å². The molecule has 1 unspecified atom stereocenters. The molecular weight excluding hydrogens is 246 g/mol. The molecule has 2 rings (SSSR count). The molecule has 0 radical (unpaired) electrons. The maximum Gasteiger partial charge on any atom is 0.243 e. The molecule has 2 aromatic heterocycles. The Morgan fingerprint density at radius 2 is 2.37 bits per heavy atom. The molecule has 0 aliphatic carbocycles. The number of nitrogens with two attached hydrogens (primary N) is 1. The van der Waals surface area contributed by atoms with Crippen molar-refractivity contribution < 1.29 is 9.53 Å². The van der Waals surface area contributed by atoms with Crippen LogP contribution in [0.5, 0.6) is 0 Å². The number of aromatic nitrogens is 3. The van der Waals surface area contributed by atoms with E-state index in [2.05, 4.69) is 15.4 Å². The Balaban J connectivity index is 2.19. The molecule has 0 aliphatic heterocycles. The first-order valence-corrected chi connectivity index (χ1v) is 5.73. The zero-order valence-electron chi connectivity index (χ0n) is 10.5. The van der Waals surface area contributed by atoms with E-state index in [1.54, 1.807) is 41.5 Å². The van der Waals surface area contributed by atoms with Crippen molar-refractivity contribution in [3.8, 4) is 5.82 Å². The lowest BCUT2D eigenvalue weighted by molar-refractivity contribution is -0.118. The second kappa shape index (κ2) is 6.07. The van der Waals surface area contributed by atoms with Gasteiger partial charge in [0.25, 0.3) is 0 Å². The van der Waals surface area contributed by atoms with Crippen molar-refractivity contribution in [1.29, 1.82) is 0 Å². The summed E-state index contributed by atoms with van der Waals surface area (Å²) >= 11 is 0. The summed E-state index contributed by atoms with van der Waals surface area (Å²) in [5.74, 6) is 0.203. The van der Waals surface area contributed by atoms with Gasteiger partial charge in [-0.3, -0.25) is 4.79 Å². The van der Waals surface area contributed by atoms with Gasteiger partial charge in [0.15, 0.2) is 5.82 Å². The van der Waals surface area contributed by atoms with Crippen molar-refractivity contribution in [3.05, 3.63) is 36.8 Å². The highest BCUT2D eigenvalue weighted by Crippen LogP contribution is 2.16. The van der Waals surface area contributed by atoms with Crippen molar-refractivity contribution >= 4 is 11.6 Å². The summed E-state index contributed by atoms with van der Waals surface area (Å²) in [5.41, 5.74) is 6.21. The predicted molar refractivity (Wildman–Crippen MR) is 69.8 cm³/mol. The zero-order chi connectivity index (χ0) is 13.7. The Morgan fingerprint density at radius 1 is 1.53 bits per heavy atom. The van der Waals surface area contributed by atoms with Gasteiger partial charge >= 0.3 is 0 Å². The van der Waals surface area contributed by atoms with Gasteiger partial charge in [0, 0.05) is 25.7 Å². The normalized spacial score (nSPS) is 12.1. The largest absolute Gasteiger partial charge is 0.383 e. The summed E-state index contributed by atoms with van der Waals surface area (Å²) in [4.78, 5) is 16.0. The van der Waals surface area contributed by atoms with Gasteiger partial charge < -0.3 is 15.8 Å². The lowest BCUT2D eigenvalue weighted by Gasteiger charge is -2.13. The van der Waals surface area contributed by atoms with E-state index >= 15 is 0 Å². The highest BCUT2D eigenvalue weighted by molar-refractivity contribution is 5.96. The van der Waals surface area contributed by atoms with E-state index in [1.807, 2.05) is 0 Å². The van der Waals surface area contributed by atoms with Crippen LogP contribution in [0.3, 0.4) is 0 Å². The Kier molecular flexibility index (Phi) is 4.22. The molecule has 1 amide bonds. The quantitative estimate of drug-likeness (QED) is 0.800. The molecule has 0 saturated heterocycles. The number of hydrogen-bond acceptors (Lipinski definition) is 5. The maximum atomic E-state index is 11.9. The number of anilines is 1. The van der Waals surface area contributed by atoms with Crippen LogP contribution in [0.2, 0.25) is 0 Å². The van der Waals surface area contributed by atoms with E-state index < -0.39 is 6.04 Å². The third-order valence-corrected chi connectivity index (χ3v) is 2.45. The molecule has 0 bridgehead atoms. The van der Waals surface area contributed by atoms with Crippen LogP contribution in [-0.2, 0) is 9.53 Å². The van der Waals surface area contributed by atoms with E-state index in [9.17, 15) is 4.79 Å². The number of hydrogen-bond donors (Lipinski definition) is 2. The molecule has 2 heterocycles. The predicted octanol–water partition coefficient (Wildman–Crippen LogP) is 0.179. The van der Waals surface area contributed by atoms with Crippen molar-refractivity contribution in [2.24, 2.45) is 5.73 Å². The first-order chi connectivity index (χ1) is 9.22. The van der Waals surface area contributed by atoms with Gasteiger partial charge in [0.1, 0.15) is 6.04 Å². The Labute approximate surface area is 110 Å². The number of carbonyl (C=O) groups excluding carboxylic acids is 1. The lowest BCUT2D eigenvalue weighted by Crippen LogP contribution is -2.39. The summed E-state index contributed by atoms with van der Waals surface area (Å²) in [5, 5.41) is 6.80. The van der Waals surface area contributed by atoms with Crippen LogP contribution in [0.15, 0.2) is 36.8 Å². The zero-order valence-corrected chi connectivity index (χ0v) is 10.5. The second-order valence-corrected chi connectivity index (χ2v) is 3.88. The molecule has 2 aromatic rings. The van der Waals surface area contributed by atoms with Crippen molar-refractivity contribution in [3.63, 3.8) is 0 Å². The monoisotopic (exact) mass is 261 g/mol. The van der Waals surface area contributed by atoms with Gasteiger partial charge in [-0.25, -0.2) is 9.67 Å². The minimum atomic E-state index is -0.726. The van der Waals surface area contributed by atoms with E-state index in [4.69, 9.17) is 10.5 Å². The Hall–Kier alpha value is -2.25. The first kappa shape index (κ1) is 13.2. The molecular formula is C12H15N5O2. The minimum absolute atomic E-state index is 0.156. The number of amides is 1. The van der Waals surface area contributed by atoms with Crippen LogP contribution in [0.1, 0.15) is 0 Å². The fraction of sp³-hybridized carbons (Fsp3) is 0.250. The molecule has 19 heavy (non-hydrogen) atoms. The second-order valence-electron chi connectivity index (χ2n) is 3.88. The van der Waals surface area contributed by atoms with Gasteiger partial charge in [-0.05, 0) is 18.2 Å². The molecule has 0 spiro atoms. The van der Waals surface area contributed by atoms with Gasteiger partial charge in [-0.2, -0.15) is 5.10 Å². The highest BCUT2D eigenvalue weighted by Gasteiger charge is 2.15. The summed E-state index contributed by atoms with van der Waals surface area (Å²) in [6, 6.07) is 4.51. The number of methoxy groups -OCH3 is 1. The SMILES string of the molecule is COCC(N)C(=O)Nc1cccnc1-n1cccn1. The van der Waals surface area contributed by atoms with Crippen molar-refractivity contribution in [2.45, 2.75) is 6.04 Å². The number of nitrogens with one attached hydrogen (secondary N) is 1. The number of pyridine rings is 1. The first-order valence-electron chi connectivity index (χ1n) is 5.73. The summed E-state index contributed by atoms with van der Waals surface area (Å²) in [6.45, 7) is 0.156. The molecule has 3 N–H and O–H groups in total. The van der Waals surface area contributed by atoms with Crippen LogP contribution in [0.4, 0.5) is 5.69 Å². The molecule has 0 saturated carbocycles. The molecule has 0 aromatic carbocycles. The summed E-state index contributed by atoms with van der Waals surface area (Å²) in [7, 11) is 1.49. The average molecular weight is 261 g/mol. The standard InChI is InChI=1S/C12H15N5O2/c1-19-8-9(13)12(18)16-10-4-2-5-14-11(10)17-7-3-6-15-17/h2-7,9H,8,13H2,1H3,(H,16,18). The number of carbonyl (C=O) groups is 1. The van der Waals surface area contributed by atoms with E-state index in [0.717, 1.165) is 0 Å². The maximum absolute atomic E-state index is 11.9. The Bertz CT molecular complexity index is 541. The van der Waals surface area contributed by atoms with E-state index in [-0.39, 0.29) is 12.5 Å². The van der Waals surface area contributed by atoms with Gasteiger partial charge in [-0.1, -0.05) is 0 Å². The van der Waals surface area contributed by atoms with Gasteiger partial charge in [-0.15, -0.1) is 0 Å². The van der Waals surface area contributed by atoms with Crippen LogP contribution >= 0.6 is 0 Å². The summed E-state index contributed by atoms with van der Waals surface area (Å²) in [6.07, 6.45) is 5.01. The number of ether oxygens (including phenoxy) is 1. The third kappa shape index (κ3) is 3.15. The average Bonchev–Trinajstić information content (AvgIpc) is 2.93. The molecule has 7 nitrogen and oxygen atoms in total. The Morgan fingerprint density at radius 3 is 3.05 bits per heavy atom. The lowest BCUT2D eigenvalue weighted by atomic mass is 10.3. The fourth-order valence-corrected chi connectivity index (χ4v) is 1.55. The van der Waals surface area contributed by atoms with Crippen molar-refractivity contribution in [2.75, 3.05) is 19.0 Å². The molecule has 7 heteroatoms. The van der Waals surface area contributed by atoms with Gasteiger partial charge in [0.2, 0.25) is 5.91 Å². The van der Waals surface area contributed by atoms with Crippen LogP contribution in [-0.4, -0.2) is 40.4 Å². The van der Waals surface area contributed by atoms with Crippen LogP contribution in [0.25, 0.3) is 5.82 Å². The molecule has 0 aliphatic rings. The number of rotatable bonds is 5. The third-order valence-electron chi connectivity index (χ3n) is 2.45. The van der Waals surface area contributed by atoms with E-state index in [0.29, 0.717) is 11.5 Å². The molecule has 100 valence electrons. The van der Waals surface area contributed by atoms with Gasteiger partial charge in [0.05, 0.1) is 12.3 Å². The van der Waals surface area contributed by atoms with Crippen LogP contribution in [0, 0.1) is 0 Å². The van der Waals surface area contributed by atoms with Crippen LogP contribution < -0.4 is 11.1 Å². The highest BCUT2D eigenvalue weighted by atomic mass is 16.5. The molecule has 0 fully saturated rings. The fourth-order valence-electron chi connectivity index (χ4n) is 1.55. The van der Waals surface area contributed by atoms with Crippen molar-refractivity contribution in [1.82, 2.24) is 14.8 Å².